The third kappa shape index (κ3) is 3.12. The predicted octanol–water partition coefficient (Wildman–Crippen LogP) is 1.67. The zero-order valence-electron chi connectivity index (χ0n) is 11.0. The molecule has 19 heavy (non-hydrogen) atoms. The van der Waals surface area contributed by atoms with Crippen LogP contribution in [0, 0.1) is 5.41 Å². The summed E-state index contributed by atoms with van der Waals surface area (Å²) < 4.78 is 14.9. The normalized spacial score (nSPS) is 16.3. The molecule has 1 aromatic rings. The number of esters is 2. The molecule has 1 aromatic carbocycles. The highest BCUT2D eigenvalue weighted by Gasteiger charge is 2.34. The van der Waals surface area contributed by atoms with Crippen LogP contribution in [0.3, 0.4) is 0 Å². The van der Waals surface area contributed by atoms with Crippen LogP contribution in [0.1, 0.15) is 27.6 Å². The Bertz CT molecular complexity index is 473. The third-order valence-electron chi connectivity index (χ3n) is 2.99. The van der Waals surface area contributed by atoms with Crippen LogP contribution in [-0.2, 0) is 14.2 Å². The highest BCUT2D eigenvalue weighted by atomic mass is 16.5. The van der Waals surface area contributed by atoms with Crippen LogP contribution < -0.4 is 0 Å². The van der Waals surface area contributed by atoms with E-state index in [4.69, 9.17) is 9.47 Å². The van der Waals surface area contributed by atoms with Crippen molar-refractivity contribution in [3.05, 3.63) is 35.4 Å². The van der Waals surface area contributed by atoms with E-state index in [0.29, 0.717) is 30.9 Å². The highest BCUT2D eigenvalue weighted by molar-refractivity contribution is 5.93. The standard InChI is InChI=1S/C14H16O5/c1-14(7-18-8-14)9-19-13(16)11-5-3-10(4-6-11)12(15)17-2/h3-6H,7-9H2,1-2H3. The average Bonchev–Trinajstić information content (AvgIpc) is 2.42. The molecule has 0 spiro atoms. The number of ether oxygens (including phenoxy) is 3. The molecule has 0 aliphatic carbocycles. The molecule has 0 bridgehead atoms. The van der Waals surface area contributed by atoms with Gasteiger partial charge in [-0.15, -0.1) is 0 Å². The predicted molar refractivity (Wildman–Crippen MR) is 67.0 cm³/mol. The molecular formula is C14H16O5. The number of hydrogen-bond donors (Lipinski definition) is 0. The van der Waals surface area contributed by atoms with Crippen molar-refractivity contribution in [3.63, 3.8) is 0 Å². The summed E-state index contributed by atoms with van der Waals surface area (Å²) >= 11 is 0. The summed E-state index contributed by atoms with van der Waals surface area (Å²) in [7, 11) is 1.31. The van der Waals surface area contributed by atoms with Crippen molar-refractivity contribution in [1.29, 1.82) is 0 Å². The van der Waals surface area contributed by atoms with Crippen LogP contribution in [0.15, 0.2) is 24.3 Å². The van der Waals surface area contributed by atoms with E-state index in [1.807, 2.05) is 6.92 Å². The molecule has 0 saturated carbocycles. The molecule has 1 fully saturated rings. The first-order valence-electron chi connectivity index (χ1n) is 5.97. The fraction of sp³-hybridized carbons (Fsp3) is 0.429. The minimum Gasteiger partial charge on any atom is -0.465 e. The molecule has 102 valence electrons. The Morgan fingerprint density at radius 1 is 1.16 bits per heavy atom. The maximum atomic E-state index is 11.8. The van der Waals surface area contributed by atoms with E-state index in [9.17, 15) is 9.59 Å². The van der Waals surface area contributed by atoms with Crippen LogP contribution in [-0.4, -0.2) is 38.9 Å². The van der Waals surface area contributed by atoms with E-state index in [0.717, 1.165) is 0 Å². The highest BCUT2D eigenvalue weighted by Crippen LogP contribution is 2.26. The lowest BCUT2D eigenvalue weighted by atomic mass is 9.90. The Morgan fingerprint density at radius 3 is 2.11 bits per heavy atom. The van der Waals surface area contributed by atoms with Crippen molar-refractivity contribution in [2.45, 2.75) is 6.92 Å². The van der Waals surface area contributed by atoms with Gasteiger partial charge in [-0.3, -0.25) is 0 Å². The van der Waals surface area contributed by atoms with Crippen LogP contribution in [0.4, 0.5) is 0 Å². The van der Waals surface area contributed by atoms with Crippen LogP contribution in [0.2, 0.25) is 0 Å². The lowest BCUT2D eigenvalue weighted by molar-refractivity contribution is -0.127. The largest absolute Gasteiger partial charge is 0.465 e. The lowest BCUT2D eigenvalue weighted by Gasteiger charge is -2.37. The minimum absolute atomic E-state index is 0.0678. The molecular weight excluding hydrogens is 248 g/mol. The summed E-state index contributed by atoms with van der Waals surface area (Å²) in [6.07, 6.45) is 0. The van der Waals surface area contributed by atoms with Crippen molar-refractivity contribution in [2.24, 2.45) is 5.41 Å². The molecule has 0 aromatic heterocycles. The van der Waals surface area contributed by atoms with Gasteiger partial charge in [-0.1, -0.05) is 6.92 Å². The number of carbonyl (C=O) groups excluding carboxylic acids is 2. The molecule has 0 atom stereocenters. The number of hydrogen-bond acceptors (Lipinski definition) is 5. The Kier molecular flexibility index (Phi) is 3.85. The fourth-order valence-electron chi connectivity index (χ4n) is 1.72. The van der Waals surface area contributed by atoms with E-state index in [1.54, 1.807) is 12.1 Å². The summed E-state index contributed by atoms with van der Waals surface area (Å²) in [5.74, 6) is -0.830. The summed E-state index contributed by atoms with van der Waals surface area (Å²) in [5.41, 5.74) is 0.747. The molecule has 1 saturated heterocycles. The Labute approximate surface area is 111 Å². The van der Waals surface area contributed by atoms with Gasteiger partial charge in [0.15, 0.2) is 0 Å². The van der Waals surface area contributed by atoms with Crippen molar-refractivity contribution < 1.29 is 23.8 Å². The number of carbonyl (C=O) groups is 2. The molecule has 0 unspecified atom stereocenters. The summed E-state index contributed by atoms with van der Waals surface area (Å²) in [6, 6.07) is 6.18. The summed E-state index contributed by atoms with van der Waals surface area (Å²) in [4.78, 5) is 23.0. The van der Waals surface area contributed by atoms with Crippen LogP contribution in [0.25, 0.3) is 0 Å². The molecule has 5 heteroatoms. The summed E-state index contributed by atoms with van der Waals surface area (Å²) in [5, 5.41) is 0. The molecule has 1 heterocycles. The summed E-state index contributed by atoms with van der Waals surface area (Å²) in [6.45, 7) is 3.57. The van der Waals surface area contributed by atoms with E-state index in [-0.39, 0.29) is 5.41 Å². The smallest absolute Gasteiger partial charge is 0.338 e. The van der Waals surface area contributed by atoms with Gasteiger partial charge in [-0.2, -0.15) is 0 Å². The number of rotatable bonds is 4. The number of methoxy groups -OCH3 is 1. The van der Waals surface area contributed by atoms with Crippen LogP contribution >= 0.6 is 0 Å². The maximum Gasteiger partial charge on any atom is 0.338 e. The topological polar surface area (TPSA) is 61.8 Å². The second kappa shape index (κ2) is 5.40. The average molecular weight is 264 g/mol. The van der Waals surface area contributed by atoms with Crippen molar-refractivity contribution in [1.82, 2.24) is 0 Å². The monoisotopic (exact) mass is 264 g/mol. The second-order valence-electron chi connectivity index (χ2n) is 4.95. The van der Waals surface area contributed by atoms with Gasteiger partial charge in [0.1, 0.15) is 6.61 Å². The van der Waals surface area contributed by atoms with Gasteiger partial charge in [-0.25, -0.2) is 9.59 Å². The first kappa shape index (κ1) is 13.5. The molecule has 0 radical (unpaired) electrons. The van der Waals surface area contributed by atoms with Crippen molar-refractivity contribution in [2.75, 3.05) is 26.9 Å². The molecule has 0 N–H and O–H groups in total. The van der Waals surface area contributed by atoms with E-state index >= 15 is 0 Å². The third-order valence-corrected chi connectivity index (χ3v) is 2.99. The van der Waals surface area contributed by atoms with Gasteiger partial charge >= 0.3 is 11.9 Å². The maximum absolute atomic E-state index is 11.8. The van der Waals surface area contributed by atoms with Gasteiger partial charge in [-0.05, 0) is 24.3 Å². The quantitative estimate of drug-likeness (QED) is 0.774. The van der Waals surface area contributed by atoms with E-state index in [2.05, 4.69) is 4.74 Å². The van der Waals surface area contributed by atoms with E-state index < -0.39 is 11.9 Å². The van der Waals surface area contributed by atoms with E-state index in [1.165, 1.54) is 19.2 Å². The number of benzene rings is 1. The van der Waals surface area contributed by atoms with Gasteiger partial charge < -0.3 is 14.2 Å². The Morgan fingerprint density at radius 2 is 1.68 bits per heavy atom. The molecule has 1 aliphatic heterocycles. The van der Waals surface area contributed by atoms with Gasteiger partial charge in [0.25, 0.3) is 0 Å². The zero-order valence-corrected chi connectivity index (χ0v) is 11.0. The first-order chi connectivity index (χ1) is 9.04. The minimum atomic E-state index is -0.431. The first-order valence-corrected chi connectivity index (χ1v) is 5.97. The Hall–Kier alpha value is -1.88. The fourth-order valence-corrected chi connectivity index (χ4v) is 1.72. The second-order valence-corrected chi connectivity index (χ2v) is 4.95. The van der Waals surface area contributed by atoms with Gasteiger partial charge in [0, 0.05) is 5.41 Å². The zero-order chi connectivity index (χ0) is 13.9. The molecule has 0 amide bonds. The molecule has 2 rings (SSSR count). The van der Waals surface area contributed by atoms with Crippen molar-refractivity contribution >= 4 is 11.9 Å². The van der Waals surface area contributed by atoms with Gasteiger partial charge in [0.05, 0.1) is 31.5 Å². The molecule has 5 nitrogen and oxygen atoms in total. The van der Waals surface area contributed by atoms with Gasteiger partial charge in [0.2, 0.25) is 0 Å². The van der Waals surface area contributed by atoms with Crippen molar-refractivity contribution in [3.8, 4) is 0 Å². The SMILES string of the molecule is COC(=O)c1ccc(C(=O)OCC2(C)COC2)cc1. The molecule has 1 aliphatic rings. The lowest BCUT2D eigenvalue weighted by Crippen LogP contribution is -2.44. The van der Waals surface area contributed by atoms with Crippen LogP contribution in [0.5, 0.6) is 0 Å². The Balaban J connectivity index is 1.93.